The van der Waals surface area contributed by atoms with Crippen LogP contribution < -0.4 is 20.2 Å². The van der Waals surface area contributed by atoms with Crippen LogP contribution in [0.2, 0.25) is 0 Å². The Morgan fingerprint density at radius 1 is 0.967 bits per heavy atom. The number of benzene rings is 1. The molecule has 7 heteroatoms. The molecule has 164 valence electrons. The molecule has 0 aliphatic heterocycles. The van der Waals surface area contributed by atoms with Gasteiger partial charge >= 0.3 is 0 Å². The topological polar surface area (TPSA) is 79.9 Å². The van der Waals surface area contributed by atoms with Crippen molar-refractivity contribution in [3.05, 3.63) is 23.8 Å². The lowest BCUT2D eigenvalue weighted by atomic mass is 9.47. The number of carbonyl (C=O) groups excluding carboxylic acids is 2. The van der Waals surface area contributed by atoms with Crippen molar-refractivity contribution in [2.45, 2.75) is 44.6 Å². The largest absolute Gasteiger partial charge is 0.497 e. The van der Waals surface area contributed by atoms with Crippen LogP contribution in [0.4, 0.5) is 0 Å². The number of hydrazine groups is 1. The van der Waals surface area contributed by atoms with Crippen molar-refractivity contribution in [1.29, 1.82) is 0 Å². The number of methoxy groups -OCH3 is 2. The smallest absolute Gasteiger partial charge is 0.257 e. The van der Waals surface area contributed by atoms with Crippen molar-refractivity contribution < 1.29 is 19.1 Å². The number of amides is 2. The van der Waals surface area contributed by atoms with Crippen LogP contribution in [0.1, 0.15) is 48.9 Å². The number of hydrogen-bond acceptors (Lipinski definition) is 5. The van der Waals surface area contributed by atoms with Crippen LogP contribution in [0.3, 0.4) is 0 Å². The summed E-state index contributed by atoms with van der Waals surface area (Å²) in [5.41, 5.74) is 3.17. The molecule has 1 aromatic rings. The summed E-state index contributed by atoms with van der Waals surface area (Å²) in [5.74, 6) is 2.72. The van der Waals surface area contributed by atoms with E-state index in [1.807, 2.05) is 0 Å². The molecule has 0 saturated heterocycles. The number of carbonyl (C=O) groups is 2. The first-order valence-electron chi connectivity index (χ1n) is 10.8. The second-order valence-electron chi connectivity index (χ2n) is 9.66. The zero-order chi connectivity index (χ0) is 21.5. The summed E-state index contributed by atoms with van der Waals surface area (Å²) in [6.07, 6.45) is 6.90. The van der Waals surface area contributed by atoms with Crippen molar-refractivity contribution in [1.82, 2.24) is 15.8 Å². The maximum Gasteiger partial charge on any atom is 0.257 e. The quantitative estimate of drug-likeness (QED) is 0.669. The third-order valence-electron chi connectivity index (χ3n) is 7.18. The highest BCUT2D eigenvalue weighted by molar-refractivity contribution is 5.98. The van der Waals surface area contributed by atoms with Crippen molar-refractivity contribution in [2.75, 3.05) is 28.3 Å². The van der Waals surface area contributed by atoms with Gasteiger partial charge in [-0.3, -0.25) is 15.0 Å². The van der Waals surface area contributed by atoms with Crippen molar-refractivity contribution in [3.8, 4) is 11.5 Å². The van der Waals surface area contributed by atoms with Gasteiger partial charge in [0.25, 0.3) is 11.8 Å². The Morgan fingerprint density at radius 2 is 1.47 bits per heavy atom. The summed E-state index contributed by atoms with van der Waals surface area (Å²) < 4.78 is 10.6. The Labute approximate surface area is 178 Å². The lowest BCUT2D eigenvalue weighted by Gasteiger charge is -2.59. The summed E-state index contributed by atoms with van der Waals surface area (Å²) in [6, 6.07) is 4.53. The van der Waals surface area contributed by atoms with Gasteiger partial charge in [-0.1, -0.05) is 0 Å². The Morgan fingerprint density at radius 3 is 1.90 bits per heavy atom. The third-order valence-corrected chi connectivity index (χ3v) is 7.18. The molecule has 5 rings (SSSR count). The minimum atomic E-state index is -0.557. The van der Waals surface area contributed by atoms with Gasteiger partial charge in [-0.2, -0.15) is 0 Å². The number of nitrogens with zero attached hydrogens (tertiary/aromatic N) is 1. The highest BCUT2D eigenvalue weighted by Crippen LogP contribution is 2.61. The van der Waals surface area contributed by atoms with Crippen LogP contribution in [0.25, 0.3) is 0 Å². The molecule has 4 aliphatic rings. The maximum absolute atomic E-state index is 13.3. The summed E-state index contributed by atoms with van der Waals surface area (Å²) in [5, 5.41) is 4.76. The number of ether oxygens (including phenoxy) is 2. The van der Waals surface area contributed by atoms with E-state index in [0.29, 0.717) is 34.8 Å². The molecule has 7 nitrogen and oxygen atoms in total. The van der Waals surface area contributed by atoms with Gasteiger partial charge in [0.05, 0.1) is 14.2 Å². The lowest BCUT2D eigenvalue weighted by molar-refractivity contribution is -0.138. The average molecular weight is 416 g/mol. The van der Waals surface area contributed by atoms with E-state index in [4.69, 9.17) is 9.47 Å². The van der Waals surface area contributed by atoms with Gasteiger partial charge in [0, 0.05) is 31.1 Å². The average Bonchev–Trinajstić information content (AvgIpc) is 2.69. The Bertz CT molecular complexity index is 765. The van der Waals surface area contributed by atoms with E-state index in [9.17, 15) is 9.59 Å². The predicted octanol–water partition coefficient (Wildman–Crippen LogP) is 2.61. The molecular weight excluding hydrogens is 382 g/mol. The Kier molecular flexibility index (Phi) is 5.66. The molecule has 4 saturated carbocycles. The fraction of sp³-hybridized carbons (Fsp3) is 0.652. The number of nitrogens with one attached hydrogen (secondary N) is 2. The molecule has 0 heterocycles. The zero-order valence-electron chi connectivity index (χ0n) is 18.4. The number of hydrogen-bond donors (Lipinski definition) is 2. The lowest BCUT2D eigenvalue weighted by Crippen LogP contribution is -2.63. The monoisotopic (exact) mass is 415 g/mol. The Balaban J connectivity index is 1.63. The van der Waals surface area contributed by atoms with E-state index in [2.05, 4.69) is 10.7 Å². The van der Waals surface area contributed by atoms with Crippen LogP contribution in [0.15, 0.2) is 18.2 Å². The van der Waals surface area contributed by atoms with Crippen LogP contribution in [-0.4, -0.2) is 51.2 Å². The molecule has 0 aromatic heterocycles. The third kappa shape index (κ3) is 4.00. The molecule has 1 aromatic carbocycles. The standard InChI is InChI=1S/C23H33N3O4/c1-26(2)25-22(28)20(23-11-14-5-15(12-23)7-16(6-14)13-23)24-21(27)17-8-18(29-3)10-19(9-17)30-4/h8-10,14-16,20H,5-7,11-13H2,1-4H3,(H,24,27)(H,25,28)/t14?,15?,16?,20-,23?/m0/s1. The van der Waals surface area contributed by atoms with Crippen molar-refractivity contribution >= 4 is 11.8 Å². The SMILES string of the molecule is COc1cc(OC)cc(C(=O)N[C@@H](C(=O)NN(C)C)C23CC4CC(CC(C4)C2)C3)c1. The summed E-state index contributed by atoms with van der Waals surface area (Å²) in [6.45, 7) is 0. The molecule has 0 radical (unpaired) electrons. The van der Waals surface area contributed by atoms with Gasteiger partial charge in [-0.05, 0) is 68.4 Å². The van der Waals surface area contributed by atoms with E-state index in [-0.39, 0.29) is 17.2 Å². The molecule has 0 unspecified atom stereocenters. The second-order valence-corrected chi connectivity index (χ2v) is 9.66. The fourth-order valence-corrected chi connectivity index (χ4v) is 6.47. The van der Waals surface area contributed by atoms with Crippen LogP contribution in [0.5, 0.6) is 11.5 Å². The van der Waals surface area contributed by atoms with Gasteiger partial charge < -0.3 is 14.8 Å². The summed E-state index contributed by atoms with van der Waals surface area (Å²) in [7, 11) is 6.70. The number of rotatable bonds is 7. The van der Waals surface area contributed by atoms with Gasteiger partial charge in [0.2, 0.25) is 0 Å². The Hall–Kier alpha value is -2.28. The molecule has 0 spiro atoms. The second kappa shape index (κ2) is 8.10. The molecule has 30 heavy (non-hydrogen) atoms. The van der Waals surface area contributed by atoms with E-state index in [0.717, 1.165) is 19.3 Å². The minimum Gasteiger partial charge on any atom is -0.497 e. The van der Waals surface area contributed by atoms with E-state index < -0.39 is 6.04 Å². The first-order chi connectivity index (χ1) is 14.3. The molecular formula is C23H33N3O4. The van der Waals surface area contributed by atoms with Crippen molar-refractivity contribution in [2.24, 2.45) is 23.2 Å². The van der Waals surface area contributed by atoms with Gasteiger partial charge in [0.1, 0.15) is 17.5 Å². The van der Waals surface area contributed by atoms with Gasteiger partial charge in [-0.15, -0.1) is 0 Å². The molecule has 4 fully saturated rings. The summed E-state index contributed by atoms with van der Waals surface area (Å²) >= 11 is 0. The van der Waals surface area contributed by atoms with Crippen LogP contribution in [-0.2, 0) is 4.79 Å². The molecule has 4 bridgehead atoms. The minimum absolute atomic E-state index is 0.134. The van der Waals surface area contributed by atoms with Crippen molar-refractivity contribution in [3.63, 3.8) is 0 Å². The predicted molar refractivity (Wildman–Crippen MR) is 113 cm³/mol. The molecule has 2 N–H and O–H groups in total. The first kappa shape index (κ1) is 21.0. The van der Waals surface area contributed by atoms with E-state index in [1.165, 1.54) is 19.3 Å². The molecule has 1 atom stereocenters. The van der Waals surface area contributed by atoms with Crippen LogP contribution >= 0.6 is 0 Å². The fourth-order valence-electron chi connectivity index (χ4n) is 6.47. The molecule has 4 aliphatic carbocycles. The highest BCUT2D eigenvalue weighted by Gasteiger charge is 2.56. The first-order valence-corrected chi connectivity index (χ1v) is 10.8. The van der Waals surface area contributed by atoms with E-state index >= 15 is 0 Å². The summed E-state index contributed by atoms with van der Waals surface area (Å²) in [4.78, 5) is 26.5. The van der Waals surface area contributed by atoms with Gasteiger partial charge in [0.15, 0.2) is 0 Å². The maximum atomic E-state index is 13.3. The van der Waals surface area contributed by atoms with E-state index in [1.54, 1.807) is 51.5 Å². The van der Waals surface area contributed by atoms with Gasteiger partial charge in [-0.25, -0.2) is 5.01 Å². The zero-order valence-corrected chi connectivity index (χ0v) is 18.4. The molecule has 2 amide bonds. The highest BCUT2D eigenvalue weighted by atomic mass is 16.5. The van der Waals surface area contributed by atoms with Crippen LogP contribution in [0, 0.1) is 23.2 Å². The normalized spacial score (nSPS) is 30.1.